The van der Waals surface area contributed by atoms with Crippen LogP contribution >= 0.6 is 0 Å². The molecule has 0 aromatic rings. The van der Waals surface area contributed by atoms with E-state index >= 15 is 0 Å². The van der Waals surface area contributed by atoms with E-state index in [1.54, 1.807) is 4.90 Å². The zero-order chi connectivity index (χ0) is 14.0. The zero-order valence-corrected chi connectivity index (χ0v) is 11.8. The van der Waals surface area contributed by atoms with Gasteiger partial charge in [0.2, 0.25) is 11.8 Å². The normalized spacial score (nSPS) is 33.9. The molecule has 2 rings (SSSR count). The first-order valence-electron chi connectivity index (χ1n) is 7.22. The van der Waals surface area contributed by atoms with Gasteiger partial charge in [0.1, 0.15) is 0 Å². The van der Waals surface area contributed by atoms with E-state index in [1.165, 1.54) is 0 Å². The van der Waals surface area contributed by atoms with Gasteiger partial charge in [-0.2, -0.15) is 0 Å². The Bertz CT molecular complexity index is 359. The summed E-state index contributed by atoms with van der Waals surface area (Å²) in [7, 11) is 0. The summed E-state index contributed by atoms with van der Waals surface area (Å²) in [6.45, 7) is 5.61. The number of β-amino-alcohol motifs (C(OH)–C–C–N with tert-alkyl or cyclic N) is 1. The van der Waals surface area contributed by atoms with Crippen LogP contribution < -0.4 is 5.32 Å². The van der Waals surface area contributed by atoms with Crippen LogP contribution in [0.4, 0.5) is 0 Å². The lowest BCUT2D eigenvalue weighted by molar-refractivity contribution is -0.135. The second-order valence-corrected chi connectivity index (χ2v) is 6.03. The van der Waals surface area contributed by atoms with Crippen molar-refractivity contribution in [2.45, 2.75) is 39.2 Å². The van der Waals surface area contributed by atoms with Crippen molar-refractivity contribution < 1.29 is 14.7 Å². The van der Waals surface area contributed by atoms with Crippen LogP contribution in [0.15, 0.2) is 0 Å². The molecule has 1 saturated heterocycles. The first-order chi connectivity index (χ1) is 8.99. The summed E-state index contributed by atoms with van der Waals surface area (Å²) >= 11 is 0. The summed E-state index contributed by atoms with van der Waals surface area (Å²) in [6.07, 6.45) is 1.72. The molecular formula is C14H24N2O3. The van der Waals surface area contributed by atoms with Gasteiger partial charge < -0.3 is 15.3 Å². The molecule has 2 fully saturated rings. The number of amides is 2. The molecular weight excluding hydrogens is 244 g/mol. The molecule has 1 saturated carbocycles. The summed E-state index contributed by atoms with van der Waals surface area (Å²) in [4.78, 5) is 25.2. The van der Waals surface area contributed by atoms with Crippen molar-refractivity contribution in [2.75, 3.05) is 19.6 Å². The van der Waals surface area contributed by atoms with E-state index < -0.39 is 6.10 Å². The number of aliphatic hydroxyl groups is 1. The number of aliphatic hydroxyl groups excluding tert-OH is 1. The number of carbonyl (C=O) groups is 2. The highest BCUT2D eigenvalue weighted by atomic mass is 16.3. The topological polar surface area (TPSA) is 69.6 Å². The molecule has 0 radical (unpaired) electrons. The van der Waals surface area contributed by atoms with Crippen LogP contribution in [0.3, 0.4) is 0 Å². The van der Waals surface area contributed by atoms with Crippen LogP contribution in [0.5, 0.6) is 0 Å². The van der Waals surface area contributed by atoms with Crippen LogP contribution in [0.1, 0.15) is 33.1 Å². The Hall–Kier alpha value is -1.10. The molecule has 4 unspecified atom stereocenters. The van der Waals surface area contributed by atoms with Gasteiger partial charge in [-0.05, 0) is 24.7 Å². The molecule has 2 N–H and O–H groups in total. The van der Waals surface area contributed by atoms with Crippen LogP contribution in [0, 0.1) is 17.8 Å². The van der Waals surface area contributed by atoms with E-state index in [0.29, 0.717) is 32.0 Å². The highest BCUT2D eigenvalue weighted by molar-refractivity contribution is 5.82. The Balaban J connectivity index is 1.65. The largest absolute Gasteiger partial charge is 0.391 e. The third kappa shape index (κ3) is 3.69. The summed E-state index contributed by atoms with van der Waals surface area (Å²) < 4.78 is 0. The molecule has 5 heteroatoms. The standard InChI is InChI=1S/C14H24N2O3/c1-9-4-6-16(8-12(9)17)13(18)3-5-15-14(19)11-7-10(11)2/h9-12,17H,3-8H2,1-2H3,(H,15,19). The maximum atomic E-state index is 11.9. The third-order valence-corrected chi connectivity index (χ3v) is 4.36. The average Bonchev–Trinajstić information content (AvgIpc) is 3.09. The molecule has 0 bridgehead atoms. The highest BCUT2D eigenvalue weighted by Gasteiger charge is 2.38. The fourth-order valence-corrected chi connectivity index (χ4v) is 2.54. The smallest absolute Gasteiger partial charge is 0.224 e. The molecule has 108 valence electrons. The minimum Gasteiger partial charge on any atom is -0.391 e. The summed E-state index contributed by atoms with van der Waals surface area (Å²) in [6, 6.07) is 0. The molecule has 1 aliphatic heterocycles. The van der Waals surface area contributed by atoms with Gasteiger partial charge in [-0.1, -0.05) is 13.8 Å². The molecule has 5 nitrogen and oxygen atoms in total. The van der Waals surface area contributed by atoms with Crippen molar-refractivity contribution in [3.8, 4) is 0 Å². The number of rotatable bonds is 4. The lowest BCUT2D eigenvalue weighted by Gasteiger charge is -2.34. The Morgan fingerprint density at radius 1 is 1.32 bits per heavy atom. The van der Waals surface area contributed by atoms with Gasteiger partial charge in [-0.25, -0.2) is 0 Å². The van der Waals surface area contributed by atoms with Crippen molar-refractivity contribution in [3.05, 3.63) is 0 Å². The lowest BCUT2D eigenvalue weighted by Crippen LogP contribution is -2.46. The fraction of sp³-hybridized carbons (Fsp3) is 0.857. The molecule has 0 spiro atoms. The Labute approximate surface area is 114 Å². The van der Waals surface area contributed by atoms with Crippen LogP contribution in [0.2, 0.25) is 0 Å². The van der Waals surface area contributed by atoms with Crippen molar-refractivity contribution >= 4 is 11.8 Å². The van der Waals surface area contributed by atoms with Crippen LogP contribution in [0.25, 0.3) is 0 Å². The Morgan fingerprint density at radius 3 is 2.58 bits per heavy atom. The second-order valence-electron chi connectivity index (χ2n) is 6.03. The molecule has 1 heterocycles. The lowest BCUT2D eigenvalue weighted by atomic mass is 9.96. The minimum absolute atomic E-state index is 0.0232. The number of hydrogen-bond donors (Lipinski definition) is 2. The average molecular weight is 268 g/mol. The number of likely N-dealkylation sites (tertiary alicyclic amines) is 1. The number of carbonyl (C=O) groups excluding carboxylic acids is 2. The van der Waals surface area contributed by atoms with Crippen molar-refractivity contribution in [2.24, 2.45) is 17.8 Å². The van der Waals surface area contributed by atoms with E-state index in [9.17, 15) is 14.7 Å². The quantitative estimate of drug-likeness (QED) is 0.774. The van der Waals surface area contributed by atoms with Gasteiger partial charge in [0.15, 0.2) is 0 Å². The van der Waals surface area contributed by atoms with Gasteiger partial charge in [0, 0.05) is 32.0 Å². The molecule has 0 aromatic heterocycles. The van der Waals surface area contributed by atoms with E-state index in [4.69, 9.17) is 0 Å². The first kappa shape index (κ1) is 14.3. The second kappa shape index (κ2) is 5.90. The van der Waals surface area contributed by atoms with Gasteiger partial charge in [0.05, 0.1) is 6.10 Å². The predicted octanol–water partition coefficient (Wildman–Crippen LogP) is 0.378. The Kier molecular flexibility index (Phi) is 4.45. The molecule has 2 aliphatic rings. The third-order valence-electron chi connectivity index (χ3n) is 4.36. The monoisotopic (exact) mass is 268 g/mol. The first-order valence-corrected chi connectivity index (χ1v) is 7.22. The summed E-state index contributed by atoms with van der Waals surface area (Å²) in [5, 5.41) is 12.6. The van der Waals surface area contributed by atoms with Gasteiger partial charge in [-0.15, -0.1) is 0 Å². The Morgan fingerprint density at radius 2 is 2.00 bits per heavy atom. The van der Waals surface area contributed by atoms with Gasteiger partial charge >= 0.3 is 0 Å². The van der Waals surface area contributed by atoms with Crippen LogP contribution in [-0.2, 0) is 9.59 Å². The molecule has 4 atom stereocenters. The SMILES string of the molecule is CC1CCN(C(=O)CCNC(=O)C2CC2C)CC1O. The minimum atomic E-state index is -0.417. The van der Waals surface area contributed by atoms with Crippen molar-refractivity contribution in [1.82, 2.24) is 10.2 Å². The molecule has 1 aliphatic carbocycles. The maximum absolute atomic E-state index is 11.9. The van der Waals surface area contributed by atoms with Crippen molar-refractivity contribution in [1.29, 1.82) is 0 Å². The molecule has 19 heavy (non-hydrogen) atoms. The van der Waals surface area contributed by atoms with E-state index in [1.807, 2.05) is 6.92 Å². The number of nitrogens with one attached hydrogen (secondary N) is 1. The maximum Gasteiger partial charge on any atom is 0.224 e. The summed E-state index contributed by atoms with van der Waals surface area (Å²) in [5.41, 5.74) is 0. The van der Waals surface area contributed by atoms with E-state index in [2.05, 4.69) is 12.2 Å². The van der Waals surface area contributed by atoms with Crippen LogP contribution in [-0.4, -0.2) is 47.6 Å². The number of piperidine rings is 1. The zero-order valence-electron chi connectivity index (χ0n) is 11.8. The molecule has 2 amide bonds. The predicted molar refractivity (Wildman–Crippen MR) is 71.3 cm³/mol. The summed E-state index contributed by atoms with van der Waals surface area (Å²) in [5.74, 6) is 1.02. The number of hydrogen-bond acceptors (Lipinski definition) is 3. The van der Waals surface area contributed by atoms with Gasteiger partial charge in [-0.3, -0.25) is 9.59 Å². The van der Waals surface area contributed by atoms with E-state index in [0.717, 1.165) is 12.8 Å². The fourth-order valence-electron chi connectivity index (χ4n) is 2.54. The van der Waals surface area contributed by atoms with Crippen molar-refractivity contribution in [3.63, 3.8) is 0 Å². The van der Waals surface area contributed by atoms with Gasteiger partial charge in [0.25, 0.3) is 0 Å². The number of nitrogens with zero attached hydrogens (tertiary/aromatic N) is 1. The highest BCUT2D eigenvalue weighted by Crippen LogP contribution is 2.37. The molecule has 0 aromatic carbocycles. The van der Waals surface area contributed by atoms with E-state index in [-0.39, 0.29) is 23.7 Å².